The Morgan fingerprint density at radius 3 is 2.87 bits per heavy atom. The Morgan fingerprint density at radius 2 is 2.33 bits per heavy atom. The van der Waals surface area contributed by atoms with E-state index in [1.165, 1.54) is 20.0 Å². The molecule has 4 heteroatoms. The van der Waals surface area contributed by atoms with E-state index in [0.717, 1.165) is 26.1 Å². The number of ether oxygens (including phenoxy) is 2. The monoisotopic (exact) mass is 215 g/mol. The van der Waals surface area contributed by atoms with Crippen molar-refractivity contribution >= 4 is 5.97 Å². The summed E-state index contributed by atoms with van der Waals surface area (Å²) < 4.78 is 10.3. The van der Waals surface area contributed by atoms with E-state index in [-0.39, 0.29) is 5.97 Å². The third-order valence-electron chi connectivity index (χ3n) is 2.76. The standard InChI is InChI=1S/C11H21NO3/c1-3-12(9-11(13)14-2)8-10-6-4-5-7-15-10/h10H,3-9H2,1-2H3. The Balaban J connectivity index is 2.28. The number of carbonyl (C=O) groups excluding carboxylic acids is 1. The summed E-state index contributed by atoms with van der Waals surface area (Å²) in [6.45, 7) is 4.97. The number of esters is 1. The molecule has 15 heavy (non-hydrogen) atoms. The van der Waals surface area contributed by atoms with Crippen LogP contribution in [0.5, 0.6) is 0 Å². The molecule has 0 bridgehead atoms. The van der Waals surface area contributed by atoms with Crippen molar-refractivity contribution in [3.05, 3.63) is 0 Å². The summed E-state index contributed by atoms with van der Waals surface area (Å²) >= 11 is 0. The zero-order valence-electron chi connectivity index (χ0n) is 9.70. The predicted molar refractivity (Wildman–Crippen MR) is 57.7 cm³/mol. The number of hydrogen-bond donors (Lipinski definition) is 0. The van der Waals surface area contributed by atoms with Gasteiger partial charge in [-0.25, -0.2) is 0 Å². The maximum atomic E-state index is 11.1. The van der Waals surface area contributed by atoms with Gasteiger partial charge < -0.3 is 9.47 Å². The molecule has 1 aliphatic heterocycles. The number of nitrogens with zero attached hydrogens (tertiary/aromatic N) is 1. The van der Waals surface area contributed by atoms with Gasteiger partial charge in [0.1, 0.15) is 0 Å². The molecule has 1 fully saturated rings. The molecule has 0 saturated carbocycles. The fourth-order valence-electron chi connectivity index (χ4n) is 1.79. The van der Waals surface area contributed by atoms with Crippen molar-refractivity contribution in [3.63, 3.8) is 0 Å². The predicted octanol–water partition coefficient (Wildman–Crippen LogP) is 1.05. The molecule has 0 radical (unpaired) electrons. The second kappa shape index (κ2) is 6.80. The molecule has 1 atom stereocenters. The highest BCUT2D eigenvalue weighted by Crippen LogP contribution is 2.13. The Kier molecular flexibility index (Phi) is 5.65. The lowest BCUT2D eigenvalue weighted by Crippen LogP contribution is -2.38. The van der Waals surface area contributed by atoms with E-state index >= 15 is 0 Å². The quantitative estimate of drug-likeness (QED) is 0.643. The van der Waals surface area contributed by atoms with Crippen LogP contribution >= 0.6 is 0 Å². The Labute approximate surface area is 91.5 Å². The fourth-order valence-corrected chi connectivity index (χ4v) is 1.79. The number of carbonyl (C=O) groups is 1. The Morgan fingerprint density at radius 1 is 1.53 bits per heavy atom. The molecule has 0 spiro atoms. The van der Waals surface area contributed by atoms with Crippen LogP contribution in [0.3, 0.4) is 0 Å². The summed E-state index contributed by atoms with van der Waals surface area (Å²) in [6.07, 6.45) is 3.81. The van der Waals surface area contributed by atoms with Crippen LogP contribution in [0, 0.1) is 0 Å². The van der Waals surface area contributed by atoms with Crippen LogP contribution in [0.25, 0.3) is 0 Å². The fraction of sp³-hybridized carbons (Fsp3) is 0.909. The SMILES string of the molecule is CCN(CC(=O)OC)CC1CCCCO1. The first-order valence-corrected chi connectivity index (χ1v) is 5.67. The van der Waals surface area contributed by atoms with Gasteiger partial charge in [-0.1, -0.05) is 6.92 Å². The lowest BCUT2D eigenvalue weighted by Gasteiger charge is -2.28. The minimum absolute atomic E-state index is 0.173. The van der Waals surface area contributed by atoms with Crippen molar-refractivity contribution in [2.75, 3.05) is 33.4 Å². The second-order valence-electron chi connectivity index (χ2n) is 3.89. The van der Waals surface area contributed by atoms with Gasteiger partial charge in [-0.15, -0.1) is 0 Å². The molecule has 1 unspecified atom stereocenters. The average molecular weight is 215 g/mol. The van der Waals surface area contributed by atoms with Gasteiger partial charge in [-0.2, -0.15) is 0 Å². The zero-order chi connectivity index (χ0) is 11.1. The number of likely N-dealkylation sites (N-methyl/N-ethyl adjacent to an activating group) is 1. The normalized spacial score (nSPS) is 21.7. The van der Waals surface area contributed by atoms with Crippen molar-refractivity contribution in [3.8, 4) is 0 Å². The molecule has 0 N–H and O–H groups in total. The molecule has 1 heterocycles. The van der Waals surface area contributed by atoms with E-state index in [1.807, 2.05) is 6.92 Å². The van der Waals surface area contributed by atoms with Crippen LogP contribution in [0.1, 0.15) is 26.2 Å². The first-order valence-electron chi connectivity index (χ1n) is 5.67. The molecule has 0 aromatic rings. The summed E-state index contributed by atoms with van der Waals surface area (Å²) in [5.74, 6) is -0.173. The molecule has 0 aromatic carbocycles. The lowest BCUT2D eigenvalue weighted by atomic mass is 10.1. The smallest absolute Gasteiger partial charge is 0.319 e. The van der Waals surface area contributed by atoms with Gasteiger partial charge >= 0.3 is 5.97 Å². The number of rotatable bonds is 5. The third kappa shape index (κ3) is 4.62. The highest BCUT2D eigenvalue weighted by Gasteiger charge is 2.18. The molecule has 4 nitrogen and oxygen atoms in total. The van der Waals surface area contributed by atoms with E-state index in [9.17, 15) is 4.79 Å². The van der Waals surface area contributed by atoms with E-state index < -0.39 is 0 Å². The lowest BCUT2D eigenvalue weighted by molar-refractivity contribution is -0.142. The van der Waals surface area contributed by atoms with Crippen molar-refractivity contribution in [2.45, 2.75) is 32.3 Å². The molecular formula is C11H21NO3. The van der Waals surface area contributed by atoms with Gasteiger partial charge in [-0.05, 0) is 25.8 Å². The molecule has 88 valence electrons. The van der Waals surface area contributed by atoms with Gasteiger partial charge in [0.2, 0.25) is 0 Å². The Hall–Kier alpha value is -0.610. The van der Waals surface area contributed by atoms with Crippen LogP contribution in [-0.4, -0.2) is 50.3 Å². The zero-order valence-corrected chi connectivity index (χ0v) is 9.70. The first kappa shape index (κ1) is 12.5. The maximum absolute atomic E-state index is 11.1. The van der Waals surface area contributed by atoms with Gasteiger partial charge in [0.25, 0.3) is 0 Å². The van der Waals surface area contributed by atoms with Crippen LogP contribution in [0.15, 0.2) is 0 Å². The summed E-state index contributed by atoms with van der Waals surface area (Å²) in [7, 11) is 1.42. The van der Waals surface area contributed by atoms with Crippen LogP contribution in [-0.2, 0) is 14.3 Å². The average Bonchev–Trinajstić information content (AvgIpc) is 2.29. The second-order valence-corrected chi connectivity index (χ2v) is 3.89. The van der Waals surface area contributed by atoms with E-state index in [0.29, 0.717) is 12.6 Å². The van der Waals surface area contributed by atoms with Crippen LogP contribution in [0.2, 0.25) is 0 Å². The van der Waals surface area contributed by atoms with E-state index in [2.05, 4.69) is 9.64 Å². The number of hydrogen-bond acceptors (Lipinski definition) is 4. The summed E-state index contributed by atoms with van der Waals surface area (Å²) in [5.41, 5.74) is 0. The third-order valence-corrected chi connectivity index (χ3v) is 2.76. The highest BCUT2D eigenvalue weighted by molar-refractivity contribution is 5.71. The minimum Gasteiger partial charge on any atom is -0.468 e. The molecule has 1 rings (SSSR count). The molecular weight excluding hydrogens is 194 g/mol. The van der Waals surface area contributed by atoms with Crippen LogP contribution in [0.4, 0.5) is 0 Å². The largest absolute Gasteiger partial charge is 0.468 e. The van der Waals surface area contributed by atoms with Gasteiger partial charge in [0, 0.05) is 13.2 Å². The van der Waals surface area contributed by atoms with Gasteiger partial charge in [0.15, 0.2) is 0 Å². The molecule has 1 saturated heterocycles. The minimum atomic E-state index is -0.173. The molecule has 0 amide bonds. The summed E-state index contributed by atoms with van der Waals surface area (Å²) in [6, 6.07) is 0. The van der Waals surface area contributed by atoms with Crippen molar-refractivity contribution in [1.82, 2.24) is 4.90 Å². The van der Waals surface area contributed by atoms with Crippen LogP contribution < -0.4 is 0 Å². The molecule has 0 aliphatic carbocycles. The maximum Gasteiger partial charge on any atom is 0.319 e. The Bertz CT molecular complexity index is 190. The topological polar surface area (TPSA) is 38.8 Å². The van der Waals surface area contributed by atoms with Gasteiger partial charge in [-0.3, -0.25) is 9.69 Å². The van der Waals surface area contributed by atoms with E-state index in [4.69, 9.17) is 4.74 Å². The number of methoxy groups -OCH3 is 1. The van der Waals surface area contributed by atoms with E-state index in [1.54, 1.807) is 0 Å². The molecule has 1 aliphatic rings. The molecule has 0 aromatic heterocycles. The van der Waals surface area contributed by atoms with Gasteiger partial charge in [0.05, 0.1) is 19.8 Å². The van der Waals surface area contributed by atoms with Crippen molar-refractivity contribution < 1.29 is 14.3 Å². The summed E-state index contributed by atoms with van der Waals surface area (Å²) in [5, 5.41) is 0. The van der Waals surface area contributed by atoms with Crippen molar-refractivity contribution in [1.29, 1.82) is 0 Å². The highest BCUT2D eigenvalue weighted by atomic mass is 16.5. The van der Waals surface area contributed by atoms with Crippen molar-refractivity contribution in [2.24, 2.45) is 0 Å². The first-order chi connectivity index (χ1) is 7.26. The summed E-state index contributed by atoms with van der Waals surface area (Å²) in [4.78, 5) is 13.2.